The quantitative estimate of drug-likeness (QED) is 0.540. The molecule has 0 aliphatic carbocycles. The van der Waals surface area contributed by atoms with Crippen LogP contribution in [0.25, 0.3) is 11.0 Å². The smallest absolute Gasteiger partial charge is 0.222 e. The van der Waals surface area contributed by atoms with E-state index >= 15 is 0 Å². The highest BCUT2D eigenvalue weighted by molar-refractivity contribution is 5.85. The van der Waals surface area contributed by atoms with E-state index in [0.717, 1.165) is 56.6 Å². The number of rotatable bonds is 7. The number of nitrogens with zero attached hydrogens (tertiary/aromatic N) is 5. The molecule has 148 valence electrons. The van der Waals surface area contributed by atoms with E-state index in [1.807, 2.05) is 10.9 Å². The molecule has 0 radical (unpaired) electrons. The van der Waals surface area contributed by atoms with E-state index < -0.39 is 0 Å². The summed E-state index contributed by atoms with van der Waals surface area (Å²) in [6, 6.07) is 8.73. The number of hydrogen-bond acceptors (Lipinski definition) is 7. The molecular formula is C20H28N8. The molecule has 3 aromatic rings. The molecule has 1 aliphatic heterocycles. The average molecular weight is 381 g/mol. The van der Waals surface area contributed by atoms with Gasteiger partial charge in [0.25, 0.3) is 0 Å². The van der Waals surface area contributed by atoms with Crippen molar-refractivity contribution in [2.24, 2.45) is 0 Å². The number of anilines is 3. The minimum atomic E-state index is 0.270. The van der Waals surface area contributed by atoms with Gasteiger partial charge in [-0.15, -0.1) is 0 Å². The summed E-state index contributed by atoms with van der Waals surface area (Å²) in [4.78, 5) is 11.1. The van der Waals surface area contributed by atoms with Gasteiger partial charge >= 0.3 is 0 Å². The third-order valence-electron chi connectivity index (χ3n) is 5.01. The molecule has 1 aromatic carbocycles. The average Bonchev–Trinajstić information content (AvgIpc) is 3.11. The number of nitrogens with one attached hydrogen (secondary N) is 2. The first-order chi connectivity index (χ1) is 13.7. The maximum Gasteiger partial charge on any atom is 0.222 e. The molecule has 4 N–H and O–H groups in total. The predicted molar refractivity (Wildman–Crippen MR) is 114 cm³/mol. The largest absolute Gasteiger partial charge is 0.369 e. The fraction of sp³-hybridized carbons (Fsp3) is 0.450. The van der Waals surface area contributed by atoms with Crippen molar-refractivity contribution in [2.45, 2.75) is 26.3 Å². The van der Waals surface area contributed by atoms with E-state index in [2.05, 4.69) is 56.7 Å². The molecule has 0 atom stereocenters. The van der Waals surface area contributed by atoms with Gasteiger partial charge in [0.2, 0.25) is 5.95 Å². The van der Waals surface area contributed by atoms with E-state index in [4.69, 9.17) is 10.8 Å². The molecule has 4 rings (SSSR count). The Labute approximate surface area is 165 Å². The van der Waals surface area contributed by atoms with Crippen LogP contribution in [0.2, 0.25) is 0 Å². The van der Waals surface area contributed by atoms with Gasteiger partial charge in [0.1, 0.15) is 5.52 Å². The summed E-state index contributed by atoms with van der Waals surface area (Å²) in [5, 5.41) is 11.4. The Balaban J connectivity index is 1.50. The molecule has 1 aliphatic rings. The second-order valence-corrected chi connectivity index (χ2v) is 7.17. The van der Waals surface area contributed by atoms with Crippen molar-refractivity contribution in [3.05, 3.63) is 36.0 Å². The molecule has 3 heterocycles. The first-order valence-corrected chi connectivity index (χ1v) is 10.0. The minimum absolute atomic E-state index is 0.270. The van der Waals surface area contributed by atoms with E-state index in [1.54, 1.807) is 0 Å². The first kappa shape index (κ1) is 18.5. The van der Waals surface area contributed by atoms with Crippen LogP contribution in [0, 0.1) is 0 Å². The van der Waals surface area contributed by atoms with E-state index in [9.17, 15) is 0 Å². The third kappa shape index (κ3) is 4.17. The van der Waals surface area contributed by atoms with Gasteiger partial charge in [0, 0.05) is 38.4 Å². The minimum Gasteiger partial charge on any atom is -0.369 e. The lowest BCUT2D eigenvalue weighted by molar-refractivity contribution is 0.589. The molecule has 0 saturated carbocycles. The van der Waals surface area contributed by atoms with Crippen molar-refractivity contribution in [2.75, 3.05) is 48.7 Å². The number of nitrogen functional groups attached to an aromatic ring is 1. The fourth-order valence-electron chi connectivity index (χ4n) is 3.49. The molecule has 1 fully saturated rings. The van der Waals surface area contributed by atoms with Crippen LogP contribution in [0.15, 0.2) is 30.5 Å². The van der Waals surface area contributed by atoms with Gasteiger partial charge in [0.15, 0.2) is 11.3 Å². The molecule has 2 aromatic heterocycles. The molecular weight excluding hydrogens is 352 g/mol. The Morgan fingerprint density at radius 2 is 1.93 bits per heavy atom. The van der Waals surface area contributed by atoms with Gasteiger partial charge in [-0.25, -0.2) is 4.98 Å². The van der Waals surface area contributed by atoms with Gasteiger partial charge in [-0.05, 0) is 24.1 Å². The summed E-state index contributed by atoms with van der Waals surface area (Å²) in [5.74, 6) is 0.982. The normalized spacial score (nSPS) is 14.5. The molecule has 0 unspecified atom stereocenters. The number of nitrogens with two attached hydrogens (primary N) is 1. The Hall–Kier alpha value is -2.87. The van der Waals surface area contributed by atoms with Crippen LogP contribution in [-0.2, 0) is 6.54 Å². The molecule has 8 heteroatoms. The van der Waals surface area contributed by atoms with Gasteiger partial charge in [-0.3, -0.25) is 4.68 Å². The van der Waals surface area contributed by atoms with Crippen LogP contribution >= 0.6 is 0 Å². The SMILES string of the molecule is CCCCNc1nc(N)nc2cn(Cc3ccc(N4CCNCC4)cc3)nc12. The van der Waals surface area contributed by atoms with Crippen molar-refractivity contribution < 1.29 is 0 Å². The van der Waals surface area contributed by atoms with Crippen molar-refractivity contribution in [1.29, 1.82) is 0 Å². The summed E-state index contributed by atoms with van der Waals surface area (Å²) in [5.41, 5.74) is 9.88. The second kappa shape index (κ2) is 8.43. The zero-order valence-corrected chi connectivity index (χ0v) is 16.4. The van der Waals surface area contributed by atoms with Crippen LogP contribution in [0.3, 0.4) is 0 Å². The summed E-state index contributed by atoms with van der Waals surface area (Å²) in [7, 11) is 0. The number of benzene rings is 1. The number of piperazine rings is 1. The maximum absolute atomic E-state index is 5.87. The zero-order chi connectivity index (χ0) is 19.3. The summed E-state index contributed by atoms with van der Waals surface area (Å²) in [6.45, 7) is 7.89. The second-order valence-electron chi connectivity index (χ2n) is 7.17. The number of aromatic nitrogens is 4. The van der Waals surface area contributed by atoms with Crippen LogP contribution in [0.4, 0.5) is 17.5 Å². The van der Waals surface area contributed by atoms with Crippen molar-refractivity contribution in [3.8, 4) is 0 Å². The summed E-state index contributed by atoms with van der Waals surface area (Å²) in [6.07, 6.45) is 4.13. The van der Waals surface area contributed by atoms with Crippen molar-refractivity contribution in [1.82, 2.24) is 25.1 Å². The summed E-state index contributed by atoms with van der Waals surface area (Å²) < 4.78 is 1.91. The van der Waals surface area contributed by atoms with Crippen molar-refractivity contribution >= 4 is 28.5 Å². The van der Waals surface area contributed by atoms with Gasteiger partial charge in [-0.2, -0.15) is 10.1 Å². The fourth-order valence-corrected chi connectivity index (χ4v) is 3.49. The Morgan fingerprint density at radius 1 is 1.14 bits per heavy atom. The maximum atomic E-state index is 5.87. The lowest BCUT2D eigenvalue weighted by atomic mass is 10.2. The molecule has 28 heavy (non-hydrogen) atoms. The molecule has 0 bridgehead atoms. The Morgan fingerprint density at radius 3 is 2.68 bits per heavy atom. The molecule has 0 spiro atoms. The lowest BCUT2D eigenvalue weighted by Crippen LogP contribution is -2.43. The van der Waals surface area contributed by atoms with E-state index in [0.29, 0.717) is 12.4 Å². The Kier molecular flexibility index (Phi) is 5.57. The van der Waals surface area contributed by atoms with Gasteiger partial charge < -0.3 is 21.3 Å². The lowest BCUT2D eigenvalue weighted by Gasteiger charge is -2.29. The summed E-state index contributed by atoms with van der Waals surface area (Å²) >= 11 is 0. The van der Waals surface area contributed by atoms with Crippen LogP contribution in [-0.4, -0.2) is 52.5 Å². The third-order valence-corrected chi connectivity index (χ3v) is 5.01. The highest BCUT2D eigenvalue weighted by Gasteiger charge is 2.12. The molecule has 0 amide bonds. The zero-order valence-electron chi connectivity index (χ0n) is 16.4. The monoisotopic (exact) mass is 380 g/mol. The highest BCUT2D eigenvalue weighted by atomic mass is 15.3. The van der Waals surface area contributed by atoms with Gasteiger partial charge in [0.05, 0.1) is 12.7 Å². The number of hydrogen-bond donors (Lipinski definition) is 3. The van der Waals surface area contributed by atoms with Crippen LogP contribution in [0.5, 0.6) is 0 Å². The van der Waals surface area contributed by atoms with Crippen molar-refractivity contribution in [3.63, 3.8) is 0 Å². The molecule has 8 nitrogen and oxygen atoms in total. The Bertz CT molecular complexity index is 912. The number of fused-ring (bicyclic) bond motifs is 1. The van der Waals surface area contributed by atoms with Gasteiger partial charge in [-0.1, -0.05) is 25.5 Å². The van der Waals surface area contributed by atoms with E-state index in [-0.39, 0.29) is 5.95 Å². The number of unbranched alkanes of at least 4 members (excludes halogenated alkanes) is 1. The van der Waals surface area contributed by atoms with Crippen LogP contribution in [0.1, 0.15) is 25.3 Å². The van der Waals surface area contributed by atoms with Crippen LogP contribution < -0.4 is 21.3 Å². The predicted octanol–water partition coefficient (Wildman–Crippen LogP) is 2.08. The first-order valence-electron chi connectivity index (χ1n) is 10.0. The topological polar surface area (TPSA) is 96.9 Å². The van der Waals surface area contributed by atoms with E-state index in [1.165, 1.54) is 11.3 Å². The molecule has 1 saturated heterocycles. The highest BCUT2D eigenvalue weighted by Crippen LogP contribution is 2.21. The standard InChI is InChI=1S/C20H28N8/c1-2-3-8-23-19-18-17(24-20(21)25-19)14-28(26-18)13-15-4-6-16(7-5-15)27-11-9-22-10-12-27/h4-7,14,22H,2-3,8-13H2,1H3,(H3,21,23,24,25).